The minimum absolute atomic E-state index is 0.0405. The fraction of sp³-hybridized carbons (Fsp3) is 1.00. The zero-order valence-electron chi connectivity index (χ0n) is 6.59. The maximum atomic E-state index is 9.27. The molecule has 1 aliphatic rings. The lowest BCUT2D eigenvalue weighted by molar-refractivity contribution is 0.0858. The van der Waals surface area contributed by atoms with Crippen molar-refractivity contribution >= 4 is 0 Å². The molecule has 0 aliphatic heterocycles. The summed E-state index contributed by atoms with van der Waals surface area (Å²) in [5.41, 5.74) is 5.69. The van der Waals surface area contributed by atoms with E-state index in [9.17, 15) is 5.11 Å². The van der Waals surface area contributed by atoms with E-state index in [1.54, 1.807) is 0 Å². The molecule has 0 amide bonds. The Morgan fingerprint density at radius 3 is 2.70 bits per heavy atom. The molecule has 2 nitrogen and oxygen atoms in total. The van der Waals surface area contributed by atoms with E-state index in [2.05, 4.69) is 6.92 Å². The van der Waals surface area contributed by atoms with E-state index < -0.39 is 0 Å². The van der Waals surface area contributed by atoms with Crippen molar-refractivity contribution in [2.24, 2.45) is 11.7 Å². The number of aliphatic hydroxyl groups excluding tert-OH is 1. The van der Waals surface area contributed by atoms with Gasteiger partial charge < -0.3 is 10.8 Å². The van der Waals surface area contributed by atoms with Crippen molar-refractivity contribution in [2.45, 2.75) is 44.8 Å². The van der Waals surface area contributed by atoms with E-state index in [4.69, 9.17) is 5.73 Å². The molecule has 0 aromatic rings. The highest BCUT2D eigenvalue weighted by atomic mass is 16.3. The largest absolute Gasteiger partial charge is 0.392 e. The summed E-state index contributed by atoms with van der Waals surface area (Å²) in [5.74, 6) is 0.762. The summed E-state index contributed by atoms with van der Waals surface area (Å²) in [4.78, 5) is 0. The molecule has 0 heterocycles. The minimum atomic E-state index is -0.234. The van der Waals surface area contributed by atoms with Gasteiger partial charge in [-0.25, -0.2) is 0 Å². The predicted molar refractivity (Wildman–Crippen MR) is 41.6 cm³/mol. The van der Waals surface area contributed by atoms with Crippen LogP contribution in [-0.2, 0) is 0 Å². The van der Waals surface area contributed by atoms with Crippen molar-refractivity contribution in [3.05, 3.63) is 0 Å². The number of hydrogen-bond donors (Lipinski definition) is 2. The van der Waals surface area contributed by atoms with Crippen LogP contribution >= 0.6 is 0 Å². The quantitative estimate of drug-likeness (QED) is 0.572. The molecule has 2 heteroatoms. The van der Waals surface area contributed by atoms with Crippen molar-refractivity contribution in [1.29, 1.82) is 0 Å². The summed E-state index contributed by atoms with van der Waals surface area (Å²) in [5, 5.41) is 9.27. The van der Waals surface area contributed by atoms with Crippen LogP contribution in [0, 0.1) is 5.92 Å². The maximum Gasteiger partial charge on any atom is 0.0691 e. The molecule has 10 heavy (non-hydrogen) atoms. The fourth-order valence-electron chi connectivity index (χ4n) is 1.65. The average molecular weight is 143 g/mol. The summed E-state index contributed by atoms with van der Waals surface area (Å²) in [6.07, 6.45) is 4.05. The molecule has 0 radical (unpaired) electrons. The second kappa shape index (κ2) is 3.35. The van der Waals surface area contributed by atoms with Gasteiger partial charge in [0.2, 0.25) is 0 Å². The summed E-state index contributed by atoms with van der Waals surface area (Å²) in [6, 6.07) is 0.0405. The van der Waals surface area contributed by atoms with Crippen molar-refractivity contribution in [2.75, 3.05) is 0 Å². The normalized spacial score (nSPS) is 41.7. The van der Waals surface area contributed by atoms with Gasteiger partial charge in [-0.1, -0.05) is 13.3 Å². The van der Waals surface area contributed by atoms with Gasteiger partial charge in [0.1, 0.15) is 0 Å². The molecule has 3 atom stereocenters. The Balaban J connectivity index is 2.33. The lowest BCUT2D eigenvalue weighted by atomic mass is 9.83. The van der Waals surface area contributed by atoms with E-state index in [1.165, 1.54) is 6.42 Å². The third-order valence-corrected chi connectivity index (χ3v) is 2.55. The number of aliphatic hydroxyl groups is 1. The Kier molecular flexibility index (Phi) is 2.69. The van der Waals surface area contributed by atoms with Gasteiger partial charge in [-0.3, -0.25) is 0 Å². The van der Waals surface area contributed by atoms with Crippen LogP contribution in [0.1, 0.15) is 32.6 Å². The molecule has 60 valence electrons. The Labute approximate surface area is 62.4 Å². The first kappa shape index (κ1) is 8.02. The lowest BCUT2D eigenvalue weighted by Crippen LogP contribution is -2.40. The zero-order chi connectivity index (χ0) is 7.56. The minimum Gasteiger partial charge on any atom is -0.392 e. The van der Waals surface area contributed by atoms with Crippen molar-refractivity contribution in [3.63, 3.8) is 0 Å². The van der Waals surface area contributed by atoms with Gasteiger partial charge in [0, 0.05) is 6.04 Å². The summed E-state index contributed by atoms with van der Waals surface area (Å²) >= 11 is 0. The van der Waals surface area contributed by atoms with Crippen molar-refractivity contribution < 1.29 is 5.11 Å². The van der Waals surface area contributed by atoms with E-state index in [1.807, 2.05) is 0 Å². The SMILES string of the molecule is CCC1CCC(O)C(N)C1. The molecule has 0 saturated heterocycles. The molecular weight excluding hydrogens is 126 g/mol. The number of hydrogen-bond acceptors (Lipinski definition) is 2. The molecule has 0 aromatic heterocycles. The zero-order valence-corrected chi connectivity index (χ0v) is 6.59. The second-order valence-corrected chi connectivity index (χ2v) is 3.32. The predicted octanol–water partition coefficient (Wildman–Crippen LogP) is 0.885. The van der Waals surface area contributed by atoms with E-state index >= 15 is 0 Å². The van der Waals surface area contributed by atoms with E-state index in [0.717, 1.165) is 25.2 Å². The molecule has 1 rings (SSSR count). The Morgan fingerprint density at radius 1 is 1.50 bits per heavy atom. The van der Waals surface area contributed by atoms with E-state index in [-0.39, 0.29) is 12.1 Å². The first-order valence-electron chi connectivity index (χ1n) is 4.17. The van der Waals surface area contributed by atoms with Gasteiger partial charge in [-0.15, -0.1) is 0 Å². The monoisotopic (exact) mass is 143 g/mol. The van der Waals surface area contributed by atoms with E-state index in [0.29, 0.717) is 0 Å². The van der Waals surface area contributed by atoms with Gasteiger partial charge in [0.05, 0.1) is 6.10 Å². The van der Waals surface area contributed by atoms with Crippen LogP contribution in [-0.4, -0.2) is 17.3 Å². The summed E-state index contributed by atoms with van der Waals surface area (Å²) < 4.78 is 0. The molecule has 0 bridgehead atoms. The van der Waals surface area contributed by atoms with Crippen LogP contribution < -0.4 is 5.73 Å². The van der Waals surface area contributed by atoms with Crippen LogP contribution in [0.3, 0.4) is 0 Å². The fourth-order valence-corrected chi connectivity index (χ4v) is 1.65. The average Bonchev–Trinajstić information content (AvgIpc) is 1.95. The molecular formula is C8H17NO. The van der Waals surface area contributed by atoms with Gasteiger partial charge >= 0.3 is 0 Å². The Hall–Kier alpha value is -0.0800. The Morgan fingerprint density at radius 2 is 2.20 bits per heavy atom. The maximum absolute atomic E-state index is 9.27. The highest BCUT2D eigenvalue weighted by Gasteiger charge is 2.24. The molecule has 0 aromatic carbocycles. The second-order valence-electron chi connectivity index (χ2n) is 3.32. The first-order chi connectivity index (χ1) is 4.74. The number of rotatable bonds is 1. The highest BCUT2D eigenvalue weighted by Crippen LogP contribution is 2.25. The molecule has 1 fully saturated rings. The first-order valence-corrected chi connectivity index (χ1v) is 4.17. The van der Waals surface area contributed by atoms with Gasteiger partial charge in [0.25, 0.3) is 0 Å². The lowest BCUT2D eigenvalue weighted by Gasteiger charge is -2.29. The van der Waals surface area contributed by atoms with Crippen molar-refractivity contribution in [1.82, 2.24) is 0 Å². The van der Waals surface area contributed by atoms with Crippen LogP contribution in [0.25, 0.3) is 0 Å². The third kappa shape index (κ3) is 1.70. The highest BCUT2D eigenvalue weighted by molar-refractivity contribution is 4.81. The van der Waals surface area contributed by atoms with Crippen LogP contribution in [0.15, 0.2) is 0 Å². The molecule has 1 aliphatic carbocycles. The molecule has 1 saturated carbocycles. The van der Waals surface area contributed by atoms with Crippen LogP contribution in [0.5, 0.6) is 0 Å². The molecule has 0 spiro atoms. The molecule has 3 unspecified atom stereocenters. The summed E-state index contributed by atoms with van der Waals surface area (Å²) in [6.45, 7) is 2.19. The van der Waals surface area contributed by atoms with Gasteiger partial charge in [-0.2, -0.15) is 0 Å². The molecule has 3 N–H and O–H groups in total. The Bertz CT molecular complexity index is 105. The van der Waals surface area contributed by atoms with Gasteiger partial charge in [0.15, 0.2) is 0 Å². The number of nitrogens with two attached hydrogens (primary N) is 1. The smallest absolute Gasteiger partial charge is 0.0691 e. The third-order valence-electron chi connectivity index (χ3n) is 2.55. The topological polar surface area (TPSA) is 46.2 Å². The standard InChI is InChI=1S/C8H17NO/c1-2-6-3-4-8(10)7(9)5-6/h6-8,10H,2-5,9H2,1H3. The van der Waals surface area contributed by atoms with Gasteiger partial charge in [-0.05, 0) is 25.2 Å². The summed E-state index contributed by atoms with van der Waals surface area (Å²) in [7, 11) is 0. The van der Waals surface area contributed by atoms with Crippen LogP contribution in [0.2, 0.25) is 0 Å². The van der Waals surface area contributed by atoms with Crippen LogP contribution in [0.4, 0.5) is 0 Å². The van der Waals surface area contributed by atoms with Crippen molar-refractivity contribution in [3.8, 4) is 0 Å².